The molecule has 1 atom stereocenters. The minimum atomic E-state index is -3.78. The van der Waals surface area contributed by atoms with Crippen LogP contribution in [0, 0.1) is 17.6 Å². The van der Waals surface area contributed by atoms with Crippen LogP contribution in [-0.2, 0) is 21.4 Å². The van der Waals surface area contributed by atoms with E-state index in [4.69, 9.17) is 0 Å². The average molecular weight is 435 g/mol. The SMILES string of the molecule is O=C(C1CCCN(S(=O)(=O)c2ccc(F)cc2)C1)N(Cc1ccc(F)cc1)C1CC1. The van der Waals surface area contributed by atoms with E-state index in [0.717, 1.165) is 30.5 Å². The van der Waals surface area contributed by atoms with Gasteiger partial charge in [0, 0.05) is 25.7 Å². The molecular formula is C22H24F2N2O3S. The van der Waals surface area contributed by atoms with Gasteiger partial charge in [0.1, 0.15) is 11.6 Å². The standard InChI is InChI=1S/C22H24F2N2O3S/c23-18-5-3-16(4-6-18)14-26(20-9-10-20)22(27)17-2-1-13-25(15-17)30(28,29)21-11-7-19(24)8-12-21/h3-8,11-12,17,20H,1-2,9-10,13-15H2. The smallest absolute Gasteiger partial charge is 0.243 e. The Labute approximate surface area is 175 Å². The normalized spacial score (nSPS) is 20.1. The number of piperidine rings is 1. The van der Waals surface area contributed by atoms with Crippen LogP contribution in [-0.4, -0.2) is 42.7 Å². The third kappa shape index (κ3) is 4.54. The molecule has 1 saturated heterocycles. The molecule has 1 aliphatic carbocycles. The number of amides is 1. The average Bonchev–Trinajstić information content (AvgIpc) is 3.58. The lowest BCUT2D eigenvalue weighted by Crippen LogP contribution is -2.47. The molecule has 1 aliphatic heterocycles. The molecule has 0 spiro atoms. The van der Waals surface area contributed by atoms with Crippen molar-refractivity contribution in [1.29, 1.82) is 0 Å². The Bertz CT molecular complexity index is 1010. The van der Waals surface area contributed by atoms with Gasteiger partial charge >= 0.3 is 0 Å². The van der Waals surface area contributed by atoms with Crippen molar-refractivity contribution < 1.29 is 22.0 Å². The fraction of sp³-hybridized carbons (Fsp3) is 0.409. The van der Waals surface area contributed by atoms with E-state index in [0.29, 0.717) is 25.9 Å². The topological polar surface area (TPSA) is 57.7 Å². The number of benzene rings is 2. The molecule has 0 aromatic heterocycles. The Morgan fingerprint density at radius 2 is 1.57 bits per heavy atom. The van der Waals surface area contributed by atoms with Gasteiger partial charge in [0.25, 0.3) is 0 Å². The van der Waals surface area contributed by atoms with Crippen molar-refractivity contribution >= 4 is 15.9 Å². The van der Waals surface area contributed by atoms with E-state index in [1.165, 1.54) is 28.6 Å². The number of hydrogen-bond donors (Lipinski definition) is 0. The van der Waals surface area contributed by atoms with Gasteiger partial charge in [-0.25, -0.2) is 17.2 Å². The summed E-state index contributed by atoms with van der Waals surface area (Å²) in [5.41, 5.74) is 0.850. The van der Waals surface area contributed by atoms with E-state index in [2.05, 4.69) is 0 Å². The summed E-state index contributed by atoms with van der Waals surface area (Å²) in [4.78, 5) is 15.1. The molecule has 0 radical (unpaired) electrons. The fourth-order valence-electron chi connectivity index (χ4n) is 3.91. The minimum absolute atomic E-state index is 0.0300. The molecule has 1 saturated carbocycles. The number of hydrogen-bond acceptors (Lipinski definition) is 3. The first-order valence-electron chi connectivity index (χ1n) is 10.2. The van der Waals surface area contributed by atoms with Gasteiger partial charge in [0.2, 0.25) is 15.9 Å². The molecule has 1 heterocycles. The van der Waals surface area contributed by atoms with Crippen LogP contribution in [0.5, 0.6) is 0 Å². The summed E-state index contributed by atoms with van der Waals surface area (Å²) in [6.45, 7) is 0.848. The van der Waals surface area contributed by atoms with E-state index in [1.54, 1.807) is 12.1 Å². The fourth-order valence-corrected chi connectivity index (χ4v) is 5.44. The summed E-state index contributed by atoms with van der Waals surface area (Å²) >= 11 is 0. The highest BCUT2D eigenvalue weighted by Crippen LogP contribution is 2.32. The maximum absolute atomic E-state index is 13.3. The van der Waals surface area contributed by atoms with Gasteiger partial charge in [0.15, 0.2) is 0 Å². The zero-order chi connectivity index (χ0) is 21.3. The highest BCUT2D eigenvalue weighted by molar-refractivity contribution is 7.89. The van der Waals surface area contributed by atoms with Crippen LogP contribution in [0.1, 0.15) is 31.2 Å². The van der Waals surface area contributed by atoms with Gasteiger partial charge in [-0.15, -0.1) is 0 Å². The summed E-state index contributed by atoms with van der Waals surface area (Å²) < 4.78 is 53.6. The number of sulfonamides is 1. The van der Waals surface area contributed by atoms with Crippen molar-refractivity contribution in [3.05, 3.63) is 65.7 Å². The number of rotatable bonds is 6. The molecule has 4 rings (SSSR count). The third-order valence-electron chi connectivity index (χ3n) is 5.72. The van der Waals surface area contributed by atoms with Crippen LogP contribution in [0.3, 0.4) is 0 Å². The highest BCUT2D eigenvalue weighted by Gasteiger charge is 2.39. The second kappa shape index (κ2) is 8.43. The van der Waals surface area contributed by atoms with E-state index in [1.807, 2.05) is 4.90 Å². The lowest BCUT2D eigenvalue weighted by Gasteiger charge is -2.34. The Morgan fingerprint density at radius 1 is 0.967 bits per heavy atom. The molecule has 1 amide bonds. The largest absolute Gasteiger partial charge is 0.335 e. The molecule has 2 aliphatic rings. The third-order valence-corrected chi connectivity index (χ3v) is 7.60. The number of nitrogens with zero attached hydrogens (tertiary/aromatic N) is 2. The van der Waals surface area contributed by atoms with Crippen LogP contribution in [0.15, 0.2) is 53.4 Å². The van der Waals surface area contributed by atoms with Crippen LogP contribution >= 0.6 is 0 Å². The van der Waals surface area contributed by atoms with Gasteiger partial charge in [-0.2, -0.15) is 4.31 Å². The molecule has 160 valence electrons. The quantitative estimate of drug-likeness (QED) is 0.699. The molecule has 30 heavy (non-hydrogen) atoms. The van der Waals surface area contributed by atoms with Crippen molar-refractivity contribution in [3.63, 3.8) is 0 Å². The summed E-state index contributed by atoms with van der Waals surface area (Å²) in [6, 6.07) is 11.0. The van der Waals surface area contributed by atoms with Crippen molar-refractivity contribution in [2.24, 2.45) is 5.92 Å². The number of carbonyl (C=O) groups excluding carboxylic acids is 1. The van der Waals surface area contributed by atoms with Crippen molar-refractivity contribution in [2.45, 2.75) is 43.2 Å². The Morgan fingerprint density at radius 3 is 2.17 bits per heavy atom. The minimum Gasteiger partial charge on any atom is -0.335 e. The van der Waals surface area contributed by atoms with E-state index >= 15 is 0 Å². The molecule has 2 fully saturated rings. The van der Waals surface area contributed by atoms with Crippen LogP contribution in [0.4, 0.5) is 8.78 Å². The lowest BCUT2D eigenvalue weighted by molar-refractivity contribution is -0.138. The first-order valence-corrected chi connectivity index (χ1v) is 11.6. The molecule has 0 bridgehead atoms. The van der Waals surface area contributed by atoms with Gasteiger partial charge in [-0.1, -0.05) is 12.1 Å². The Hall–Kier alpha value is -2.32. The van der Waals surface area contributed by atoms with Crippen molar-refractivity contribution in [2.75, 3.05) is 13.1 Å². The number of carbonyl (C=O) groups is 1. The first kappa shape index (κ1) is 20.9. The van der Waals surface area contributed by atoms with E-state index < -0.39 is 21.8 Å². The Balaban J connectivity index is 1.49. The van der Waals surface area contributed by atoms with Crippen molar-refractivity contribution in [1.82, 2.24) is 9.21 Å². The predicted molar refractivity (Wildman–Crippen MR) is 108 cm³/mol. The van der Waals surface area contributed by atoms with Gasteiger partial charge in [0.05, 0.1) is 10.8 Å². The molecule has 2 aromatic rings. The van der Waals surface area contributed by atoms with E-state index in [9.17, 15) is 22.0 Å². The predicted octanol–water partition coefficient (Wildman–Crippen LogP) is 3.56. The summed E-state index contributed by atoms with van der Waals surface area (Å²) in [7, 11) is -3.78. The van der Waals surface area contributed by atoms with E-state index in [-0.39, 0.29) is 29.2 Å². The zero-order valence-electron chi connectivity index (χ0n) is 16.5. The van der Waals surface area contributed by atoms with Gasteiger partial charge in [-0.3, -0.25) is 4.79 Å². The zero-order valence-corrected chi connectivity index (χ0v) is 17.3. The lowest BCUT2D eigenvalue weighted by atomic mass is 9.97. The molecule has 2 aromatic carbocycles. The van der Waals surface area contributed by atoms with Crippen LogP contribution in [0.25, 0.3) is 0 Å². The van der Waals surface area contributed by atoms with Crippen molar-refractivity contribution in [3.8, 4) is 0 Å². The van der Waals surface area contributed by atoms with Gasteiger partial charge < -0.3 is 4.90 Å². The van der Waals surface area contributed by atoms with Crippen LogP contribution < -0.4 is 0 Å². The molecular weight excluding hydrogens is 410 g/mol. The summed E-state index contributed by atoms with van der Waals surface area (Å²) in [5, 5.41) is 0. The summed E-state index contributed by atoms with van der Waals surface area (Å²) in [5.74, 6) is -1.30. The molecule has 8 heteroatoms. The van der Waals surface area contributed by atoms with Crippen LogP contribution in [0.2, 0.25) is 0 Å². The molecule has 5 nitrogen and oxygen atoms in total. The maximum atomic E-state index is 13.3. The second-order valence-corrected chi connectivity index (χ2v) is 9.92. The summed E-state index contributed by atoms with van der Waals surface area (Å²) in [6.07, 6.45) is 3.07. The number of halogens is 2. The molecule has 1 unspecified atom stereocenters. The first-order chi connectivity index (χ1) is 14.3. The highest BCUT2D eigenvalue weighted by atomic mass is 32.2. The maximum Gasteiger partial charge on any atom is 0.243 e. The molecule has 0 N–H and O–H groups in total. The Kier molecular flexibility index (Phi) is 5.88. The monoisotopic (exact) mass is 434 g/mol. The second-order valence-electron chi connectivity index (χ2n) is 7.98. The van der Waals surface area contributed by atoms with Gasteiger partial charge in [-0.05, 0) is 67.6 Å².